The second kappa shape index (κ2) is 7.41. The lowest BCUT2D eigenvalue weighted by atomic mass is 10.1. The molecule has 1 atom stereocenters. The Labute approximate surface area is 117 Å². The minimum Gasteiger partial charge on any atom is -0.493 e. The van der Waals surface area contributed by atoms with Crippen LogP contribution in [0.1, 0.15) is 30.6 Å². The average molecular weight is 314 g/mol. The van der Waals surface area contributed by atoms with Gasteiger partial charge in [-0.05, 0) is 25.5 Å². The first-order valence-corrected chi connectivity index (χ1v) is 7.09. The second-order valence-electron chi connectivity index (χ2n) is 4.23. The van der Waals surface area contributed by atoms with E-state index in [-0.39, 0.29) is 5.91 Å². The van der Waals surface area contributed by atoms with Crippen LogP contribution >= 0.6 is 15.9 Å². The molecule has 0 saturated carbocycles. The van der Waals surface area contributed by atoms with E-state index in [0.29, 0.717) is 22.7 Å². The maximum atomic E-state index is 12.3. The van der Waals surface area contributed by atoms with Gasteiger partial charge in [0.1, 0.15) is 5.75 Å². The lowest BCUT2D eigenvalue weighted by molar-refractivity contribution is 0.0790. The molecule has 4 heteroatoms. The highest BCUT2D eigenvalue weighted by Gasteiger charge is 2.16. The zero-order valence-corrected chi connectivity index (χ0v) is 12.7. The fraction of sp³-hybridized carbons (Fsp3) is 0.500. The van der Waals surface area contributed by atoms with Crippen molar-refractivity contribution in [1.29, 1.82) is 0 Å². The van der Waals surface area contributed by atoms with Crippen LogP contribution in [0.15, 0.2) is 24.3 Å². The van der Waals surface area contributed by atoms with Crippen molar-refractivity contribution in [3.8, 4) is 5.75 Å². The van der Waals surface area contributed by atoms with Gasteiger partial charge in [0.05, 0.1) is 12.2 Å². The molecule has 0 N–H and O–H groups in total. The number of amides is 1. The summed E-state index contributed by atoms with van der Waals surface area (Å²) in [7, 11) is 1.82. The molecule has 1 aromatic rings. The van der Waals surface area contributed by atoms with Crippen molar-refractivity contribution in [3.63, 3.8) is 0 Å². The monoisotopic (exact) mass is 313 g/mol. The van der Waals surface area contributed by atoms with Crippen LogP contribution in [0.2, 0.25) is 0 Å². The molecule has 1 amide bonds. The van der Waals surface area contributed by atoms with E-state index in [1.165, 1.54) is 0 Å². The Hall–Kier alpha value is -1.03. The number of rotatable bonds is 6. The van der Waals surface area contributed by atoms with Gasteiger partial charge in [-0.1, -0.05) is 35.0 Å². The fourth-order valence-electron chi connectivity index (χ4n) is 1.60. The Morgan fingerprint density at radius 3 is 2.72 bits per heavy atom. The van der Waals surface area contributed by atoms with E-state index in [4.69, 9.17) is 4.74 Å². The van der Waals surface area contributed by atoms with Gasteiger partial charge in [0.15, 0.2) is 0 Å². The third kappa shape index (κ3) is 4.33. The van der Waals surface area contributed by atoms with Crippen LogP contribution in [-0.4, -0.2) is 35.8 Å². The summed E-state index contributed by atoms with van der Waals surface area (Å²) in [5, 5.41) is 0. The quantitative estimate of drug-likeness (QED) is 0.754. The van der Waals surface area contributed by atoms with E-state index in [0.717, 1.165) is 13.0 Å². The first kappa shape index (κ1) is 15.0. The van der Waals surface area contributed by atoms with E-state index < -0.39 is 0 Å². The molecule has 0 aliphatic heterocycles. The second-order valence-corrected chi connectivity index (χ2v) is 5.79. The molecular formula is C14H20BrNO2. The molecule has 0 fully saturated rings. The smallest absolute Gasteiger partial charge is 0.257 e. The number of benzene rings is 1. The van der Waals surface area contributed by atoms with Gasteiger partial charge >= 0.3 is 0 Å². The molecule has 18 heavy (non-hydrogen) atoms. The summed E-state index contributed by atoms with van der Waals surface area (Å²) < 4.78 is 5.48. The van der Waals surface area contributed by atoms with E-state index in [2.05, 4.69) is 22.9 Å². The molecule has 100 valence electrons. The largest absolute Gasteiger partial charge is 0.493 e. The van der Waals surface area contributed by atoms with Crippen molar-refractivity contribution in [2.24, 2.45) is 0 Å². The number of ether oxygens (including phenoxy) is 1. The SMILES string of the molecule is CCOc1ccccc1C(=O)N(C)CCC(C)Br. The predicted octanol–water partition coefficient (Wildman–Crippen LogP) is 3.33. The summed E-state index contributed by atoms with van der Waals surface area (Å²) in [6, 6.07) is 7.37. The van der Waals surface area contributed by atoms with Crippen molar-refractivity contribution in [1.82, 2.24) is 4.90 Å². The lowest BCUT2D eigenvalue weighted by Gasteiger charge is -2.19. The van der Waals surface area contributed by atoms with Crippen LogP contribution in [0, 0.1) is 0 Å². The Morgan fingerprint density at radius 1 is 1.44 bits per heavy atom. The minimum absolute atomic E-state index is 0.00667. The van der Waals surface area contributed by atoms with Gasteiger partial charge in [0.25, 0.3) is 5.91 Å². The number of hydrogen-bond donors (Lipinski definition) is 0. The fourth-order valence-corrected chi connectivity index (χ4v) is 1.81. The number of carbonyl (C=O) groups excluding carboxylic acids is 1. The van der Waals surface area contributed by atoms with Crippen LogP contribution in [0.4, 0.5) is 0 Å². The summed E-state index contributed by atoms with van der Waals surface area (Å²) in [6.45, 7) is 5.28. The summed E-state index contributed by atoms with van der Waals surface area (Å²) >= 11 is 3.48. The topological polar surface area (TPSA) is 29.5 Å². The molecule has 0 spiro atoms. The molecule has 0 aromatic heterocycles. The van der Waals surface area contributed by atoms with Crippen LogP contribution in [0.5, 0.6) is 5.75 Å². The molecule has 3 nitrogen and oxygen atoms in total. The first-order valence-electron chi connectivity index (χ1n) is 6.17. The van der Waals surface area contributed by atoms with Gasteiger partial charge in [-0.25, -0.2) is 0 Å². The van der Waals surface area contributed by atoms with E-state index in [1.807, 2.05) is 32.2 Å². The number of hydrogen-bond acceptors (Lipinski definition) is 2. The third-order valence-corrected chi connectivity index (χ3v) is 3.08. The highest BCUT2D eigenvalue weighted by molar-refractivity contribution is 9.09. The summed E-state index contributed by atoms with van der Waals surface area (Å²) in [6.07, 6.45) is 0.930. The van der Waals surface area contributed by atoms with E-state index in [1.54, 1.807) is 11.0 Å². The zero-order chi connectivity index (χ0) is 13.5. The maximum Gasteiger partial charge on any atom is 0.257 e. The lowest BCUT2D eigenvalue weighted by Crippen LogP contribution is -2.29. The van der Waals surface area contributed by atoms with Crippen LogP contribution in [-0.2, 0) is 0 Å². The Balaban J connectivity index is 2.76. The summed E-state index contributed by atoms with van der Waals surface area (Å²) in [4.78, 5) is 14.4. The molecule has 1 aromatic carbocycles. The number of halogens is 1. The Kier molecular flexibility index (Phi) is 6.19. The van der Waals surface area contributed by atoms with Gasteiger partial charge in [-0.2, -0.15) is 0 Å². The number of para-hydroxylation sites is 1. The molecule has 0 heterocycles. The normalized spacial score (nSPS) is 12.0. The highest BCUT2D eigenvalue weighted by Crippen LogP contribution is 2.19. The van der Waals surface area contributed by atoms with E-state index in [9.17, 15) is 4.79 Å². The first-order chi connectivity index (χ1) is 8.56. The van der Waals surface area contributed by atoms with Crippen molar-refractivity contribution in [2.45, 2.75) is 25.1 Å². The number of nitrogens with zero attached hydrogens (tertiary/aromatic N) is 1. The maximum absolute atomic E-state index is 12.3. The zero-order valence-electron chi connectivity index (χ0n) is 11.1. The molecule has 1 rings (SSSR count). The Bertz CT molecular complexity index is 393. The van der Waals surface area contributed by atoms with Crippen molar-refractivity contribution >= 4 is 21.8 Å². The molecule has 0 bridgehead atoms. The average Bonchev–Trinajstić information content (AvgIpc) is 2.36. The van der Waals surface area contributed by atoms with Gasteiger partial charge in [-0.3, -0.25) is 4.79 Å². The van der Waals surface area contributed by atoms with Gasteiger partial charge < -0.3 is 9.64 Å². The van der Waals surface area contributed by atoms with Crippen molar-refractivity contribution in [3.05, 3.63) is 29.8 Å². The summed E-state index contributed by atoms with van der Waals surface area (Å²) in [5.74, 6) is 0.663. The van der Waals surface area contributed by atoms with Gasteiger partial charge in [-0.15, -0.1) is 0 Å². The van der Waals surface area contributed by atoms with Gasteiger partial charge in [0.2, 0.25) is 0 Å². The third-order valence-electron chi connectivity index (χ3n) is 2.63. The minimum atomic E-state index is 0.00667. The van der Waals surface area contributed by atoms with E-state index >= 15 is 0 Å². The van der Waals surface area contributed by atoms with Gasteiger partial charge in [0, 0.05) is 18.4 Å². The molecule has 1 unspecified atom stereocenters. The van der Waals surface area contributed by atoms with Crippen molar-refractivity contribution < 1.29 is 9.53 Å². The predicted molar refractivity (Wildman–Crippen MR) is 77.6 cm³/mol. The number of carbonyl (C=O) groups is 1. The Morgan fingerprint density at radius 2 is 2.11 bits per heavy atom. The van der Waals surface area contributed by atoms with Crippen LogP contribution in [0.25, 0.3) is 0 Å². The highest BCUT2D eigenvalue weighted by atomic mass is 79.9. The standard InChI is InChI=1S/C14H20BrNO2/c1-4-18-13-8-6-5-7-12(13)14(17)16(3)10-9-11(2)15/h5-8,11H,4,9-10H2,1-3H3. The van der Waals surface area contributed by atoms with Crippen molar-refractivity contribution in [2.75, 3.05) is 20.2 Å². The van der Waals surface area contributed by atoms with Crippen LogP contribution in [0.3, 0.4) is 0 Å². The molecule has 0 radical (unpaired) electrons. The molecular weight excluding hydrogens is 294 g/mol. The summed E-state index contributed by atoms with van der Waals surface area (Å²) in [5.41, 5.74) is 0.629. The van der Waals surface area contributed by atoms with Crippen LogP contribution < -0.4 is 4.74 Å². The molecule has 0 aliphatic carbocycles. The number of alkyl halides is 1. The molecule has 0 saturated heterocycles. The molecule has 0 aliphatic rings.